The maximum Gasteiger partial charge on any atom is 0.405 e. The number of ether oxygens (including phenoxy) is 1. The number of amides is 1. The molecule has 1 atom stereocenters. The van der Waals surface area contributed by atoms with E-state index in [2.05, 4.69) is 0 Å². The van der Waals surface area contributed by atoms with Gasteiger partial charge in [-0.2, -0.15) is 13.2 Å². The molecule has 1 amide bonds. The first-order valence-corrected chi connectivity index (χ1v) is 6.19. The molecule has 2 rings (SSSR count). The van der Waals surface area contributed by atoms with Crippen LogP contribution in [0.25, 0.3) is 0 Å². The number of nitrogens with zero attached hydrogens (tertiary/aromatic N) is 1. The first-order valence-electron chi connectivity index (χ1n) is 6.19. The molecular weight excluding hydrogens is 273 g/mol. The summed E-state index contributed by atoms with van der Waals surface area (Å²) in [6.45, 7) is 0.862. The van der Waals surface area contributed by atoms with Crippen molar-refractivity contribution < 1.29 is 22.7 Å². The zero-order valence-electron chi connectivity index (χ0n) is 10.9. The number of hydrogen-bond acceptors (Lipinski definition) is 3. The van der Waals surface area contributed by atoms with Gasteiger partial charge in [-0.25, -0.2) is 0 Å². The molecule has 1 heterocycles. The van der Waals surface area contributed by atoms with E-state index in [0.29, 0.717) is 18.0 Å². The third-order valence-electron chi connectivity index (χ3n) is 2.83. The summed E-state index contributed by atoms with van der Waals surface area (Å²) < 4.78 is 41.7. The minimum atomic E-state index is -4.40. The molecule has 1 N–H and O–H groups in total. The Morgan fingerprint density at radius 2 is 2.15 bits per heavy atom. The molecule has 7 heteroatoms. The molecule has 0 aliphatic carbocycles. The van der Waals surface area contributed by atoms with Gasteiger partial charge in [-0.15, -0.1) is 0 Å². The summed E-state index contributed by atoms with van der Waals surface area (Å²) >= 11 is 0. The molecule has 0 bridgehead atoms. The Kier molecular flexibility index (Phi) is 4.06. The normalized spacial score (nSPS) is 18.2. The van der Waals surface area contributed by atoms with Crippen LogP contribution in [-0.2, 0) is 4.79 Å². The summed E-state index contributed by atoms with van der Waals surface area (Å²) in [7, 11) is 0. The van der Waals surface area contributed by atoms with Gasteiger partial charge in [0, 0.05) is 0 Å². The number of nitrogens with one attached hydrogen (secondary N) is 1. The highest BCUT2D eigenvalue weighted by Crippen LogP contribution is 2.32. The first-order chi connectivity index (χ1) is 9.35. The highest BCUT2D eigenvalue weighted by Gasteiger charge is 2.29. The Labute approximate surface area is 114 Å². The van der Waals surface area contributed by atoms with Crippen LogP contribution in [0.15, 0.2) is 24.3 Å². The van der Waals surface area contributed by atoms with E-state index in [1.807, 2.05) is 12.2 Å². The van der Waals surface area contributed by atoms with Crippen LogP contribution in [0.4, 0.5) is 18.9 Å². The van der Waals surface area contributed by atoms with E-state index in [9.17, 15) is 18.0 Å². The molecule has 1 aliphatic rings. The molecule has 1 aromatic rings. The van der Waals surface area contributed by atoms with Crippen molar-refractivity contribution in [3.8, 4) is 5.75 Å². The van der Waals surface area contributed by atoms with Crippen LogP contribution < -0.4 is 15.0 Å². The lowest BCUT2D eigenvalue weighted by Crippen LogP contribution is -2.45. The molecule has 0 fully saturated rings. The molecule has 110 valence electrons. The fourth-order valence-corrected chi connectivity index (χ4v) is 2.06. The zero-order valence-corrected chi connectivity index (χ0v) is 10.9. The lowest BCUT2D eigenvalue weighted by molar-refractivity contribution is -0.137. The summed E-state index contributed by atoms with van der Waals surface area (Å²) in [6, 6.07) is 7.14. The van der Waals surface area contributed by atoms with Crippen LogP contribution in [0.5, 0.6) is 5.75 Å². The van der Waals surface area contributed by atoms with Crippen molar-refractivity contribution in [3.63, 3.8) is 0 Å². The number of fused-ring (bicyclic) bond motifs is 1. The zero-order chi connectivity index (χ0) is 14.8. The predicted octanol–water partition coefficient (Wildman–Crippen LogP) is 1.95. The fraction of sp³-hybridized carbons (Fsp3) is 0.462. The lowest BCUT2D eigenvalue weighted by atomic mass is 10.2. The number of carbonyl (C=O) groups excluding carboxylic acids is 1. The SMILES string of the molecule is CC1CN(CC(=O)NCC(F)(F)F)c2ccccc2O1. The number of halogens is 3. The smallest absolute Gasteiger partial charge is 0.405 e. The number of rotatable bonds is 3. The quantitative estimate of drug-likeness (QED) is 0.924. The molecule has 1 aliphatic heterocycles. The van der Waals surface area contributed by atoms with Crippen molar-refractivity contribution in [3.05, 3.63) is 24.3 Å². The van der Waals surface area contributed by atoms with Gasteiger partial charge >= 0.3 is 6.18 Å². The van der Waals surface area contributed by atoms with E-state index in [4.69, 9.17) is 4.74 Å². The summed E-state index contributed by atoms with van der Waals surface area (Å²) in [5.41, 5.74) is 0.716. The number of anilines is 1. The summed E-state index contributed by atoms with van der Waals surface area (Å²) in [5, 5.41) is 1.87. The van der Waals surface area contributed by atoms with E-state index in [0.717, 1.165) is 0 Å². The van der Waals surface area contributed by atoms with Crippen LogP contribution in [0.3, 0.4) is 0 Å². The molecule has 0 saturated heterocycles. The minimum absolute atomic E-state index is 0.124. The summed E-state index contributed by atoms with van der Waals surface area (Å²) in [6.07, 6.45) is -4.52. The largest absolute Gasteiger partial charge is 0.487 e. The fourth-order valence-electron chi connectivity index (χ4n) is 2.06. The van der Waals surface area contributed by atoms with Crippen molar-refractivity contribution in [2.45, 2.75) is 19.2 Å². The Morgan fingerprint density at radius 1 is 1.45 bits per heavy atom. The number of hydrogen-bond donors (Lipinski definition) is 1. The number of carbonyl (C=O) groups is 1. The topological polar surface area (TPSA) is 41.6 Å². The van der Waals surface area contributed by atoms with Gasteiger partial charge in [-0.05, 0) is 19.1 Å². The maximum absolute atomic E-state index is 12.0. The second kappa shape index (κ2) is 5.60. The van der Waals surface area contributed by atoms with Crippen LogP contribution in [0, 0.1) is 0 Å². The summed E-state index contributed by atoms with van der Waals surface area (Å²) in [5.74, 6) is -0.0268. The van der Waals surface area contributed by atoms with E-state index >= 15 is 0 Å². The molecule has 0 radical (unpaired) electrons. The number of para-hydroxylation sites is 2. The van der Waals surface area contributed by atoms with Gasteiger partial charge in [0.25, 0.3) is 0 Å². The number of alkyl halides is 3. The highest BCUT2D eigenvalue weighted by atomic mass is 19.4. The molecular formula is C13H15F3N2O2. The van der Waals surface area contributed by atoms with Crippen LogP contribution in [-0.4, -0.2) is 37.8 Å². The third kappa shape index (κ3) is 3.79. The molecule has 1 aromatic carbocycles. The molecule has 1 unspecified atom stereocenters. The Hall–Kier alpha value is -1.92. The van der Waals surface area contributed by atoms with Gasteiger partial charge in [0.15, 0.2) is 0 Å². The van der Waals surface area contributed by atoms with Crippen LogP contribution in [0.1, 0.15) is 6.92 Å². The Morgan fingerprint density at radius 3 is 2.85 bits per heavy atom. The van der Waals surface area contributed by atoms with Crippen molar-refractivity contribution in [2.75, 3.05) is 24.5 Å². The van der Waals surface area contributed by atoms with Crippen LogP contribution >= 0.6 is 0 Å². The molecule has 0 aromatic heterocycles. The second-order valence-corrected chi connectivity index (χ2v) is 4.67. The van der Waals surface area contributed by atoms with Gasteiger partial charge in [0.2, 0.25) is 5.91 Å². The van der Waals surface area contributed by atoms with Gasteiger partial charge in [-0.1, -0.05) is 12.1 Å². The van der Waals surface area contributed by atoms with E-state index in [-0.39, 0.29) is 12.6 Å². The average Bonchev–Trinajstić information content (AvgIpc) is 2.35. The van der Waals surface area contributed by atoms with Crippen molar-refractivity contribution in [1.82, 2.24) is 5.32 Å². The minimum Gasteiger partial charge on any atom is -0.487 e. The first kappa shape index (κ1) is 14.5. The van der Waals surface area contributed by atoms with Gasteiger partial charge in [0.05, 0.1) is 18.8 Å². The van der Waals surface area contributed by atoms with Gasteiger partial charge in [-0.3, -0.25) is 4.79 Å². The maximum atomic E-state index is 12.0. The highest BCUT2D eigenvalue weighted by molar-refractivity contribution is 5.82. The monoisotopic (exact) mass is 288 g/mol. The molecule has 0 saturated carbocycles. The third-order valence-corrected chi connectivity index (χ3v) is 2.83. The Bertz CT molecular complexity index is 491. The van der Waals surface area contributed by atoms with Gasteiger partial charge < -0.3 is 15.0 Å². The van der Waals surface area contributed by atoms with E-state index < -0.39 is 18.6 Å². The number of benzene rings is 1. The molecule has 4 nitrogen and oxygen atoms in total. The second-order valence-electron chi connectivity index (χ2n) is 4.67. The van der Waals surface area contributed by atoms with Crippen molar-refractivity contribution >= 4 is 11.6 Å². The van der Waals surface area contributed by atoms with Crippen molar-refractivity contribution in [2.24, 2.45) is 0 Å². The van der Waals surface area contributed by atoms with E-state index in [1.165, 1.54) is 0 Å². The van der Waals surface area contributed by atoms with Crippen molar-refractivity contribution in [1.29, 1.82) is 0 Å². The lowest BCUT2D eigenvalue weighted by Gasteiger charge is -2.34. The molecule has 0 spiro atoms. The van der Waals surface area contributed by atoms with Gasteiger partial charge in [0.1, 0.15) is 18.4 Å². The molecule has 20 heavy (non-hydrogen) atoms. The Balaban J connectivity index is 2.01. The van der Waals surface area contributed by atoms with Crippen LogP contribution in [0.2, 0.25) is 0 Å². The average molecular weight is 288 g/mol. The van der Waals surface area contributed by atoms with E-state index in [1.54, 1.807) is 29.2 Å². The predicted molar refractivity (Wildman–Crippen MR) is 67.8 cm³/mol. The summed E-state index contributed by atoms with van der Waals surface area (Å²) in [4.78, 5) is 13.3. The standard InChI is InChI=1S/C13H15F3N2O2/c1-9-6-18(7-12(19)17-8-13(14,15)16)10-4-2-3-5-11(10)20-9/h2-5,9H,6-8H2,1H3,(H,17,19).